The monoisotopic (exact) mass is 364 g/mol. The highest BCUT2D eigenvalue weighted by Gasteiger charge is 2.42. The highest BCUT2D eigenvalue weighted by atomic mass is 16.6. The lowest BCUT2D eigenvalue weighted by Crippen LogP contribution is -2.30. The number of hydrogen-bond acceptors (Lipinski definition) is 7. The van der Waals surface area contributed by atoms with Crippen LogP contribution in [-0.2, 0) is 28.6 Å². The molecule has 0 aromatic rings. The highest BCUT2D eigenvalue weighted by molar-refractivity contribution is 5.91. The first-order chi connectivity index (χ1) is 12.3. The van der Waals surface area contributed by atoms with Gasteiger partial charge in [0.15, 0.2) is 0 Å². The number of fused-ring (bicyclic) bond motifs is 1. The molecule has 0 aromatic heterocycles. The van der Waals surface area contributed by atoms with Crippen molar-refractivity contribution in [3.8, 4) is 0 Å². The molecular formula is C19H24O7. The number of esters is 3. The van der Waals surface area contributed by atoms with Crippen molar-refractivity contribution in [1.29, 1.82) is 0 Å². The average molecular weight is 364 g/mol. The zero-order valence-corrected chi connectivity index (χ0v) is 15.0. The van der Waals surface area contributed by atoms with Crippen molar-refractivity contribution in [2.45, 2.75) is 45.3 Å². The fourth-order valence-electron chi connectivity index (χ4n) is 3.08. The molecule has 1 N–H and O–H groups in total. The molecule has 0 amide bonds. The van der Waals surface area contributed by atoms with Gasteiger partial charge in [-0.05, 0) is 36.5 Å². The Morgan fingerprint density at radius 3 is 2.46 bits per heavy atom. The van der Waals surface area contributed by atoms with Crippen LogP contribution in [-0.4, -0.2) is 48.4 Å². The summed E-state index contributed by atoms with van der Waals surface area (Å²) < 4.78 is 15.4. The quantitative estimate of drug-likeness (QED) is 0.350. The molecule has 3 atom stereocenters. The summed E-state index contributed by atoms with van der Waals surface area (Å²) in [6.45, 7) is 6.55. The van der Waals surface area contributed by atoms with Gasteiger partial charge in [-0.2, -0.15) is 0 Å². The Labute approximate surface area is 152 Å². The van der Waals surface area contributed by atoms with Gasteiger partial charge in [0.25, 0.3) is 0 Å². The summed E-state index contributed by atoms with van der Waals surface area (Å²) in [6, 6.07) is 0. The Hall–Kier alpha value is -2.41. The Bertz CT molecular complexity index is 659. The summed E-state index contributed by atoms with van der Waals surface area (Å²) in [5.74, 6) is -1.96. The van der Waals surface area contributed by atoms with Crippen molar-refractivity contribution >= 4 is 17.9 Å². The maximum Gasteiger partial charge on any atom is 0.334 e. The van der Waals surface area contributed by atoms with E-state index in [4.69, 9.17) is 14.2 Å². The summed E-state index contributed by atoms with van der Waals surface area (Å²) in [5.41, 5.74) is 1.75. The first-order valence-corrected chi connectivity index (χ1v) is 8.50. The normalized spacial score (nSPS) is 26.2. The maximum atomic E-state index is 11.9. The number of ether oxygens (including phenoxy) is 3. The van der Waals surface area contributed by atoms with Crippen LogP contribution >= 0.6 is 0 Å². The van der Waals surface area contributed by atoms with Crippen LogP contribution in [0.25, 0.3) is 0 Å². The Kier molecular flexibility index (Phi) is 6.74. The molecule has 142 valence electrons. The van der Waals surface area contributed by atoms with Crippen LogP contribution in [0.5, 0.6) is 0 Å². The molecule has 0 bridgehead atoms. The van der Waals surface area contributed by atoms with E-state index in [0.717, 1.165) is 11.1 Å². The number of carbonyl (C=O) groups is 3. The molecule has 7 heteroatoms. The summed E-state index contributed by atoms with van der Waals surface area (Å²) in [4.78, 5) is 34.1. The van der Waals surface area contributed by atoms with Crippen LogP contribution in [0.2, 0.25) is 0 Å². The van der Waals surface area contributed by atoms with Gasteiger partial charge in [0.1, 0.15) is 19.3 Å². The van der Waals surface area contributed by atoms with Crippen molar-refractivity contribution in [2.24, 2.45) is 5.92 Å². The number of hydrogen-bond donors (Lipinski definition) is 1. The van der Waals surface area contributed by atoms with Crippen molar-refractivity contribution < 1.29 is 33.7 Å². The molecule has 1 aliphatic heterocycles. The molecule has 0 aromatic carbocycles. The highest BCUT2D eigenvalue weighted by Crippen LogP contribution is 2.34. The van der Waals surface area contributed by atoms with Crippen LogP contribution in [0.1, 0.15) is 33.1 Å². The fourth-order valence-corrected chi connectivity index (χ4v) is 3.08. The number of allylic oxidation sites excluding steroid dienone is 1. The van der Waals surface area contributed by atoms with E-state index in [2.05, 4.69) is 6.58 Å². The van der Waals surface area contributed by atoms with Gasteiger partial charge in [0.05, 0.1) is 12.0 Å². The maximum absolute atomic E-state index is 11.9. The van der Waals surface area contributed by atoms with E-state index in [1.807, 2.05) is 6.08 Å². The van der Waals surface area contributed by atoms with E-state index in [1.165, 1.54) is 13.8 Å². The predicted molar refractivity (Wildman–Crippen MR) is 91.8 cm³/mol. The third-order valence-electron chi connectivity index (χ3n) is 4.37. The molecule has 0 spiro atoms. The Morgan fingerprint density at radius 2 is 1.85 bits per heavy atom. The second-order valence-electron chi connectivity index (χ2n) is 6.48. The van der Waals surface area contributed by atoms with Gasteiger partial charge in [-0.1, -0.05) is 12.7 Å². The Morgan fingerprint density at radius 1 is 1.23 bits per heavy atom. The molecule has 1 heterocycles. The number of aliphatic hydroxyl groups excluding tert-OH is 1. The van der Waals surface area contributed by atoms with Crippen molar-refractivity contribution in [3.63, 3.8) is 0 Å². The van der Waals surface area contributed by atoms with Gasteiger partial charge >= 0.3 is 17.9 Å². The molecule has 0 saturated carbocycles. The Balaban J connectivity index is 2.26. The van der Waals surface area contributed by atoms with Crippen molar-refractivity contribution in [3.05, 3.63) is 35.5 Å². The molecule has 0 radical (unpaired) electrons. The lowest BCUT2D eigenvalue weighted by atomic mass is 9.85. The summed E-state index contributed by atoms with van der Waals surface area (Å²) in [7, 11) is 0. The standard InChI is InChI=1S/C19H24O7/c1-11-18-16(22)7-14(9-24-12(2)20)5-4-6-15(10-25-13(3)21)8-17(18)26-19(11)23/h5,8,16-18,22H,1,4,6-7,9-10H2,2-3H3. The lowest BCUT2D eigenvalue weighted by Gasteiger charge is -2.24. The van der Waals surface area contributed by atoms with Gasteiger partial charge < -0.3 is 19.3 Å². The SMILES string of the molecule is C=C1C(=O)OC2C=C(COC(C)=O)CCC=C(COC(C)=O)CC(O)C12. The second kappa shape index (κ2) is 8.80. The average Bonchev–Trinajstić information content (AvgIpc) is 2.83. The molecule has 26 heavy (non-hydrogen) atoms. The van der Waals surface area contributed by atoms with Gasteiger partial charge in [-0.25, -0.2) is 4.79 Å². The topological polar surface area (TPSA) is 99.1 Å². The van der Waals surface area contributed by atoms with Crippen LogP contribution < -0.4 is 0 Å². The fraction of sp³-hybridized carbons (Fsp3) is 0.526. The van der Waals surface area contributed by atoms with E-state index in [1.54, 1.807) is 6.08 Å². The molecule has 3 unspecified atom stereocenters. The molecule has 2 rings (SSSR count). The van der Waals surface area contributed by atoms with E-state index < -0.39 is 36.0 Å². The number of rotatable bonds is 4. The van der Waals surface area contributed by atoms with Crippen LogP contribution in [0, 0.1) is 5.92 Å². The molecule has 2 aliphatic rings. The molecule has 7 nitrogen and oxygen atoms in total. The van der Waals surface area contributed by atoms with E-state index in [0.29, 0.717) is 12.8 Å². The first kappa shape index (κ1) is 19.9. The lowest BCUT2D eigenvalue weighted by molar-refractivity contribution is -0.141. The largest absolute Gasteiger partial charge is 0.461 e. The first-order valence-electron chi connectivity index (χ1n) is 8.50. The number of aliphatic hydroxyl groups is 1. The summed E-state index contributed by atoms with van der Waals surface area (Å²) >= 11 is 0. The summed E-state index contributed by atoms with van der Waals surface area (Å²) in [5, 5.41) is 10.6. The number of carbonyl (C=O) groups excluding carboxylic acids is 3. The minimum atomic E-state index is -0.912. The third-order valence-corrected chi connectivity index (χ3v) is 4.37. The molecule has 1 fully saturated rings. The van der Waals surface area contributed by atoms with E-state index >= 15 is 0 Å². The zero-order chi connectivity index (χ0) is 19.3. The van der Waals surface area contributed by atoms with E-state index in [-0.39, 0.29) is 25.2 Å². The smallest absolute Gasteiger partial charge is 0.334 e. The minimum absolute atomic E-state index is 0.0774. The van der Waals surface area contributed by atoms with Crippen molar-refractivity contribution in [2.75, 3.05) is 13.2 Å². The summed E-state index contributed by atoms with van der Waals surface area (Å²) in [6.07, 6.45) is 3.50. The van der Waals surface area contributed by atoms with Gasteiger partial charge in [-0.3, -0.25) is 9.59 Å². The van der Waals surface area contributed by atoms with Gasteiger partial charge in [0.2, 0.25) is 0 Å². The van der Waals surface area contributed by atoms with Crippen molar-refractivity contribution in [1.82, 2.24) is 0 Å². The molecule has 1 saturated heterocycles. The van der Waals surface area contributed by atoms with Crippen LogP contribution in [0.15, 0.2) is 35.5 Å². The van der Waals surface area contributed by atoms with Gasteiger partial charge in [-0.15, -0.1) is 0 Å². The molecule has 1 aliphatic carbocycles. The van der Waals surface area contributed by atoms with Gasteiger partial charge in [0, 0.05) is 19.4 Å². The van der Waals surface area contributed by atoms with Crippen LogP contribution in [0.4, 0.5) is 0 Å². The molecular weight excluding hydrogens is 340 g/mol. The van der Waals surface area contributed by atoms with Crippen LogP contribution in [0.3, 0.4) is 0 Å². The second-order valence-corrected chi connectivity index (χ2v) is 6.48. The third kappa shape index (κ3) is 5.29. The van der Waals surface area contributed by atoms with E-state index in [9.17, 15) is 19.5 Å². The zero-order valence-electron chi connectivity index (χ0n) is 15.0. The predicted octanol–water partition coefficient (Wildman–Crippen LogP) is 1.61. The minimum Gasteiger partial charge on any atom is -0.461 e.